The Morgan fingerprint density at radius 2 is 2.05 bits per heavy atom. The summed E-state index contributed by atoms with van der Waals surface area (Å²) in [4.78, 5) is 1.17. The van der Waals surface area contributed by atoms with E-state index < -0.39 is 18.0 Å². The number of halogens is 4. The molecule has 0 N–H and O–H groups in total. The Morgan fingerprint density at radius 1 is 1.29 bits per heavy atom. The van der Waals surface area contributed by atoms with E-state index in [1.165, 1.54) is 18.0 Å². The molecule has 0 spiro atoms. The van der Waals surface area contributed by atoms with E-state index in [4.69, 9.17) is 0 Å². The zero-order valence-electron chi connectivity index (χ0n) is 11.0. The first kappa shape index (κ1) is 14.2. The van der Waals surface area contributed by atoms with Gasteiger partial charge in [-0.15, -0.1) is 0 Å². The zero-order chi connectivity index (χ0) is 15.2. The molecule has 0 amide bonds. The average molecular weight is 358 g/mol. The molecule has 3 rings (SSSR count). The fraction of sp³-hybridized carbons (Fsp3) is 0.214. The summed E-state index contributed by atoms with van der Waals surface area (Å²) in [6, 6.07) is 5.58. The lowest BCUT2D eigenvalue weighted by Crippen LogP contribution is -2.35. The molecule has 3 nitrogen and oxygen atoms in total. The maximum atomic E-state index is 13.0. The molecule has 2 aromatic rings. The lowest BCUT2D eigenvalue weighted by molar-refractivity contribution is -0.114. The highest BCUT2D eigenvalue weighted by Crippen LogP contribution is 2.35. The van der Waals surface area contributed by atoms with Crippen molar-refractivity contribution in [2.24, 2.45) is 0 Å². The van der Waals surface area contributed by atoms with Crippen LogP contribution in [0.3, 0.4) is 0 Å². The van der Waals surface area contributed by atoms with Crippen molar-refractivity contribution in [2.75, 3.05) is 7.05 Å². The molecule has 0 fully saturated rings. The summed E-state index contributed by atoms with van der Waals surface area (Å²) in [7, 11) is 1.42. The summed E-state index contributed by atoms with van der Waals surface area (Å²) < 4.78 is 41.4. The molecule has 110 valence electrons. The van der Waals surface area contributed by atoms with Crippen LogP contribution >= 0.6 is 15.9 Å². The maximum absolute atomic E-state index is 13.0. The molecule has 21 heavy (non-hydrogen) atoms. The third kappa shape index (κ3) is 2.46. The Morgan fingerprint density at radius 3 is 2.76 bits per heavy atom. The summed E-state index contributed by atoms with van der Waals surface area (Å²) in [5.74, 6) is 0. The molecule has 1 aromatic heterocycles. The Hall–Kier alpha value is -1.76. The quantitative estimate of drug-likeness (QED) is 0.760. The molecule has 0 saturated carbocycles. The number of likely N-dealkylation sites (N-methyl/N-ethyl adjacent to an activating group) is 1. The first-order chi connectivity index (χ1) is 9.88. The minimum absolute atomic E-state index is 0.613. The van der Waals surface area contributed by atoms with Crippen molar-refractivity contribution in [1.82, 2.24) is 14.7 Å². The predicted octanol–water partition coefficient (Wildman–Crippen LogP) is 4.25. The fourth-order valence-electron chi connectivity index (χ4n) is 2.40. The molecule has 0 aliphatic carbocycles. The molecule has 1 aliphatic heterocycles. The highest BCUT2D eigenvalue weighted by molar-refractivity contribution is 9.10. The second kappa shape index (κ2) is 4.91. The second-order valence-electron chi connectivity index (χ2n) is 4.75. The predicted molar refractivity (Wildman–Crippen MR) is 77.5 cm³/mol. The molecule has 1 unspecified atom stereocenters. The lowest BCUT2D eigenvalue weighted by Gasteiger charge is -2.33. The van der Waals surface area contributed by atoms with Gasteiger partial charge in [0.2, 0.25) is 0 Å². The number of alkyl halides is 3. The molecule has 0 saturated heterocycles. The first-order valence-corrected chi connectivity index (χ1v) is 6.98. The molecule has 0 bridgehead atoms. The summed E-state index contributed by atoms with van der Waals surface area (Å²) in [5, 5.41) is 5.11. The maximum Gasteiger partial charge on any atom is 0.431 e. The van der Waals surface area contributed by atoms with E-state index in [9.17, 15) is 13.2 Å². The van der Waals surface area contributed by atoms with Gasteiger partial charge in [0.25, 0.3) is 0 Å². The first-order valence-electron chi connectivity index (χ1n) is 6.19. The van der Waals surface area contributed by atoms with Gasteiger partial charge in [-0.3, -0.25) is 0 Å². The monoisotopic (exact) mass is 357 g/mol. The fourth-order valence-corrected chi connectivity index (χ4v) is 2.75. The molecule has 1 aliphatic rings. The van der Waals surface area contributed by atoms with E-state index in [0.717, 1.165) is 21.5 Å². The number of rotatable bonds is 1. The van der Waals surface area contributed by atoms with Gasteiger partial charge in [-0.05, 0) is 24.3 Å². The third-order valence-corrected chi connectivity index (χ3v) is 3.91. The van der Waals surface area contributed by atoms with Crippen LogP contribution in [-0.2, 0) is 0 Å². The number of aromatic nitrogens is 2. The Kier molecular flexibility index (Phi) is 3.32. The van der Waals surface area contributed by atoms with Gasteiger partial charge in [-0.1, -0.05) is 28.1 Å². The third-order valence-electron chi connectivity index (χ3n) is 3.42. The molecular weight excluding hydrogens is 347 g/mol. The summed E-state index contributed by atoms with van der Waals surface area (Å²) in [6.07, 6.45) is 0.814. The minimum atomic E-state index is -4.39. The van der Waals surface area contributed by atoms with Crippen molar-refractivity contribution in [3.8, 4) is 0 Å². The molecule has 1 aromatic carbocycles. The van der Waals surface area contributed by atoms with Gasteiger partial charge in [0.15, 0.2) is 0 Å². The summed E-state index contributed by atoms with van der Waals surface area (Å²) in [5.41, 5.74) is 0.0861. The number of allylic oxidation sites excluding steroid dienone is 3. The largest absolute Gasteiger partial charge is 0.431 e. The molecule has 2 heterocycles. The van der Waals surface area contributed by atoms with Crippen LogP contribution in [-0.4, -0.2) is 27.9 Å². The van der Waals surface area contributed by atoms with Gasteiger partial charge in [-0.2, -0.15) is 18.3 Å². The van der Waals surface area contributed by atoms with Crippen molar-refractivity contribution in [3.63, 3.8) is 0 Å². The van der Waals surface area contributed by atoms with Gasteiger partial charge in [-0.25, -0.2) is 4.68 Å². The molecule has 1 atom stereocenters. The van der Waals surface area contributed by atoms with Gasteiger partial charge in [0.05, 0.1) is 11.7 Å². The van der Waals surface area contributed by atoms with E-state index in [1.54, 1.807) is 17.0 Å². The SMILES string of the molecule is CN1C(C(F)(F)F)=CC=CC1n1ncc2ccc(Br)cc21. The number of hydrogen-bond acceptors (Lipinski definition) is 2. The Bertz CT molecular complexity index is 745. The highest BCUT2D eigenvalue weighted by atomic mass is 79.9. The van der Waals surface area contributed by atoms with Gasteiger partial charge in [0, 0.05) is 16.9 Å². The van der Waals surface area contributed by atoms with Crippen LogP contribution in [0.25, 0.3) is 10.9 Å². The lowest BCUT2D eigenvalue weighted by atomic mass is 10.2. The number of fused-ring (bicyclic) bond motifs is 1. The minimum Gasteiger partial charge on any atom is -0.346 e. The summed E-state index contributed by atoms with van der Waals surface area (Å²) in [6.45, 7) is 0. The van der Waals surface area contributed by atoms with E-state index in [-0.39, 0.29) is 0 Å². The standard InChI is InChI=1S/C14H11BrF3N3/c1-20-12(14(16,17)18)3-2-4-13(20)21-11-7-10(15)6-5-9(11)8-19-21/h2-8,13H,1H3. The average Bonchev–Trinajstić information content (AvgIpc) is 2.80. The van der Waals surface area contributed by atoms with E-state index in [1.807, 2.05) is 18.2 Å². The normalized spacial score (nSPS) is 19.2. The van der Waals surface area contributed by atoms with Crippen molar-refractivity contribution < 1.29 is 13.2 Å². The van der Waals surface area contributed by atoms with Crippen LogP contribution in [0.15, 0.2) is 52.8 Å². The van der Waals surface area contributed by atoms with Crippen LogP contribution in [0.1, 0.15) is 6.17 Å². The van der Waals surface area contributed by atoms with Gasteiger partial charge < -0.3 is 4.90 Å². The van der Waals surface area contributed by atoms with Crippen molar-refractivity contribution in [2.45, 2.75) is 12.3 Å². The molecule has 0 radical (unpaired) electrons. The molecular formula is C14H11BrF3N3. The summed E-state index contributed by atoms with van der Waals surface area (Å²) >= 11 is 3.37. The molecule has 7 heteroatoms. The number of hydrogen-bond donors (Lipinski definition) is 0. The smallest absolute Gasteiger partial charge is 0.346 e. The van der Waals surface area contributed by atoms with Crippen LogP contribution in [0.2, 0.25) is 0 Å². The van der Waals surface area contributed by atoms with Crippen molar-refractivity contribution >= 4 is 26.8 Å². The Balaban J connectivity index is 2.06. The Labute approximate surface area is 127 Å². The van der Waals surface area contributed by atoms with E-state index in [0.29, 0.717) is 0 Å². The van der Waals surface area contributed by atoms with Crippen molar-refractivity contribution in [1.29, 1.82) is 0 Å². The van der Waals surface area contributed by atoms with Crippen LogP contribution in [0.4, 0.5) is 13.2 Å². The van der Waals surface area contributed by atoms with Crippen LogP contribution in [0, 0.1) is 0 Å². The number of nitrogens with zero attached hydrogens (tertiary/aromatic N) is 3. The van der Waals surface area contributed by atoms with Gasteiger partial charge in [0.1, 0.15) is 11.9 Å². The van der Waals surface area contributed by atoms with Crippen LogP contribution in [0.5, 0.6) is 0 Å². The van der Waals surface area contributed by atoms with E-state index >= 15 is 0 Å². The van der Waals surface area contributed by atoms with Crippen LogP contribution < -0.4 is 0 Å². The van der Waals surface area contributed by atoms with Crippen molar-refractivity contribution in [3.05, 3.63) is 52.8 Å². The second-order valence-corrected chi connectivity index (χ2v) is 5.67. The zero-order valence-corrected chi connectivity index (χ0v) is 12.6. The number of benzene rings is 1. The van der Waals surface area contributed by atoms with E-state index in [2.05, 4.69) is 21.0 Å². The van der Waals surface area contributed by atoms with Gasteiger partial charge >= 0.3 is 6.18 Å². The highest BCUT2D eigenvalue weighted by Gasteiger charge is 2.39. The topological polar surface area (TPSA) is 21.1 Å².